The van der Waals surface area contributed by atoms with Gasteiger partial charge in [0.05, 0.1) is 6.67 Å². The van der Waals surface area contributed by atoms with Gasteiger partial charge in [-0.05, 0) is 11.8 Å². The summed E-state index contributed by atoms with van der Waals surface area (Å²) in [6.45, 7) is 10.1. The van der Waals surface area contributed by atoms with Crippen molar-refractivity contribution in [3.05, 3.63) is 0 Å². The van der Waals surface area contributed by atoms with Crippen LogP contribution in [0.15, 0.2) is 0 Å². The third kappa shape index (κ3) is 1.71. The quantitative estimate of drug-likeness (QED) is 0.573. The lowest BCUT2D eigenvalue weighted by atomic mass is 9.72. The van der Waals surface area contributed by atoms with Gasteiger partial charge in [0.1, 0.15) is 0 Å². The second kappa shape index (κ2) is 3.36. The molecule has 0 aliphatic carbocycles. The molecule has 0 fully saturated rings. The number of halogens is 1. The third-order valence-corrected chi connectivity index (χ3v) is 2.93. The van der Waals surface area contributed by atoms with Crippen molar-refractivity contribution in [2.24, 2.45) is 17.3 Å². The minimum atomic E-state index is -0.206. The van der Waals surface area contributed by atoms with E-state index in [4.69, 9.17) is 0 Å². The first-order chi connectivity index (χ1) is 4.45. The Balaban J connectivity index is 4.23. The van der Waals surface area contributed by atoms with Crippen molar-refractivity contribution >= 4 is 0 Å². The molecular formula is C9H19F. The summed E-state index contributed by atoms with van der Waals surface area (Å²) in [4.78, 5) is 0. The van der Waals surface area contributed by atoms with E-state index in [9.17, 15) is 4.39 Å². The zero-order chi connectivity index (χ0) is 8.36. The van der Waals surface area contributed by atoms with Gasteiger partial charge in [0, 0.05) is 5.41 Å². The zero-order valence-electron chi connectivity index (χ0n) is 7.74. The molecule has 0 amide bonds. The average Bonchev–Trinajstić information content (AvgIpc) is 1.85. The van der Waals surface area contributed by atoms with Gasteiger partial charge in [-0.15, -0.1) is 0 Å². The Bertz CT molecular complexity index is 86.9. The molecule has 0 heterocycles. The van der Waals surface area contributed by atoms with E-state index in [1.165, 1.54) is 0 Å². The van der Waals surface area contributed by atoms with Gasteiger partial charge in [-0.3, -0.25) is 4.39 Å². The van der Waals surface area contributed by atoms with Crippen LogP contribution in [0.4, 0.5) is 4.39 Å². The van der Waals surface area contributed by atoms with Gasteiger partial charge in [0.25, 0.3) is 0 Å². The summed E-state index contributed by atoms with van der Waals surface area (Å²) in [7, 11) is 0. The highest BCUT2D eigenvalue weighted by molar-refractivity contribution is 4.79. The Morgan fingerprint density at radius 1 is 1.10 bits per heavy atom. The van der Waals surface area contributed by atoms with E-state index < -0.39 is 0 Å². The number of hydrogen-bond acceptors (Lipinski definition) is 0. The molecule has 0 saturated heterocycles. The van der Waals surface area contributed by atoms with Gasteiger partial charge >= 0.3 is 0 Å². The summed E-state index contributed by atoms with van der Waals surface area (Å²) < 4.78 is 12.5. The molecule has 0 N–H and O–H groups in total. The van der Waals surface area contributed by atoms with Crippen LogP contribution in [-0.2, 0) is 0 Å². The SMILES string of the molecule is CC(C)C(C)(CF)C(C)C. The standard InChI is InChI=1S/C9H19F/c1-7(2)9(5,6-10)8(3)4/h7-8H,6H2,1-5H3. The van der Waals surface area contributed by atoms with Crippen LogP contribution < -0.4 is 0 Å². The summed E-state index contributed by atoms with van der Waals surface area (Å²) in [6.07, 6.45) is 0. The van der Waals surface area contributed by atoms with E-state index in [2.05, 4.69) is 27.7 Å². The zero-order valence-corrected chi connectivity index (χ0v) is 7.74. The molecule has 0 aromatic carbocycles. The normalized spacial score (nSPS) is 13.2. The minimum absolute atomic E-state index is 0.125. The molecule has 10 heavy (non-hydrogen) atoms. The molecule has 0 unspecified atom stereocenters. The summed E-state index contributed by atoms with van der Waals surface area (Å²) in [5.74, 6) is 0.856. The Morgan fingerprint density at radius 2 is 1.40 bits per heavy atom. The first-order valence-electron chi connectivity index (χ1n) is 4.01. The number of alkyl halides is 1. The van der Waals surface area contributed by atoms with Gasteiger partial charge in [0.2, 0.25) is 0 Å². The van der Waals surface area contributed by atoms with Crippen LogP contribution in [0.1, 0.15) is 34.6 Å². The number of rotatable bonds is 3. The fraction of sp³-hybridized carbons (Fsp3) is 1.00. The highest BCUT2D eigenvalue weighted by Gasteiger charge is 2.31. The van der Waals surface area contributed by atoms with Crippen molar-refractivity contribution in [3.8, 4) is 0 Å². The van der Waals surface area contributed by atoms with E-state index in [0.717, 1.165) is 0 Å². The van der Waals surface area contributed by atoms with Gasteiger partial charge in [-0.1, -0.05) is 34.6 Å². The van der Waals surface area contributed by atoms with Crippen LogP contribution in [0.5, 0.6) is 0 Å². The first-order valence-corrected chi connectivity index (χ1v) is 4.01. The molecule has 1 heteroatoms. The molecule has 62 valence electrons. The monoisotopic (exact) mass is 146 g/mol. The largest absolute Gasteiger partial charge is 0.250 e. The third-order valence-electron chi connectivity index (χ3n) is 2.93. The molecule has 0 nitrogen and oxygen atoms in total. The van der Waals surface area contributed by atoms with E-state index in [-0.39, 0.29) is 12.1 Å². The predicted molar refractivity (Wildman–Crippen MR) is 43.8 cm³/mol. The van der Waals surface area contributed by atoms with Crippen LogP contribution in [0.3, 0.4) is 0 Å². The molecule has 0 bridgehead atoms. The van der Waals surface area contributed by atoms with Crippen LogP contribution in [0, 0.1) is 17.3 Å². The van der Waals surface area contributed by atoms with E-state index in [0.29, 0.717) is 11.8 Å². The Kier molecular flexibility index (Phi) is 3.34. The average molecular weight is 146 g/mol. The minimum Gasteiger partial charge on any atom is -0.250 e. The molecular weight excluding hydrogens is 127 g/mol. The maximum atomic E-state index is 12.5. The maximum Gasteiger partial charge on any atom is 0.0952 e. The van der Waals surface area contributed by atoms with Crippen molar-refractivity contribution in [2.45, 2.75) is 34.6 Å². The van der Waals surface area contributed by atoms with E-state index in [1.807, 2.05) is 6.92 Å². The molecule has 0 saturated carbocycles. The fourth-order valence-corrected chi connectivity index (χ4v) is 0.975. The molecule has 0 spiro atoms. The lowest BCUT2D eigenvalue weighted by Crippen LogP contribution is -2.31. The predicted octanol–water partition coefficient (Wildman–Crippen LogP) is 3.27. The molecule has 0 aromatic rings. The van der Waals surface area contributed by atoms with E-state index >= 15 is 0 Å². The number of hydrogen-bond donors (Lipinski definition) is 0. The van der Waals surface area contributed by atoms with Crippen LogP contribution in [-0.4, -0.2) is 6.67 Å². The molecule has 0 atom stereocenters. The van der Waals surface area contributed by atoms with Gasteiger partial charge < -0.3 is 0 Å². The van der Waals surface area contributed by atoms with Gasteiger partial charge in [0.15, 0.2) is 0 Å². The van der Waals surface area contributed by atoms with E-state index in [1.54, 1.807) is 0 Å². The fourth-order valence-electron chi connectivity index (χ4n) is 0.975. The van der Waals surface area contributed by atoms with Crippen molar-refractivity contribution in [2.75, 3.05) is 6.67 Å². The van der Waals surface area contributed by atoms with Crippen LogP contribution in [0.2, 0.25) is 0 Å². The van der Waals surface area contributed by atoms with Crippen molar-refractivity contribution in [1.82, 2.24) is 0 Å². The Morgan fingerprint density at radius 3 is 1.40 bits per heavy atom. The first kappa shape index (κ1) is 9.93. The molecule has 0 aliphatic heterocycles. The van der Waals surface area contributed by atoms with Crippen LogP contribution >= 0.6 is 0 Å². The Labute approximate surface area is 63.8 Å². The summed E-state index contributed by atoms with van der Waals surface area (Å²) in [5.41, 5.74) is -0.125. The van der Waals surface area contributed by atoms with Crippen molar-refractivity contribution in [1.29, 1.82) is 0 Å². The molecule has 0 radical (unpaired) electrons. The van der Waals surface area contributed by atoms with Crippen LogP contribution in [0.25, 0.3) is 0 Å². The van der Waals surface area contributed by atoms with Crippen molar-refractivity contribution in [3.63, 3.8) is 0 Å². The topological polar surface area (TPSA) is 0 Å². The smallest absolute Gasteiger partial charge is 0.0952 e. The molecule has 0 aliphatic rings. The van der Waals surface area contributed by atoms with Crippen molar-refractivity contribution < 1.29 is 4.39 Å². The molecule has 0 rings (SSSR count). The molecule has 0 aromatic heterocycles. The Hall–Kier alpha value is -0.0700. The second-order valence-electron chi connectivity index (χ2n) is 3.95. The highest BCUT2D eigenvalue weighted by atomic mass is 19.1. The van der Waals surface area contributed by atoms with Gasteiger partial charge in [-0.2, -0.15) is 0 Å². The van der Waals surface area contributed by atoms with Gasteiger partial charge in [-0.25, -0.2) is 0 Å². The highest BCUT2D eigenvalue weighted by Crippen LogP contribution is 2.35. The summed E-state index contributed by atoms with van der Waals surface area (Å²) >= 11 is 0. The lowest BCUT2D eigenvalue weighted by molar-refractivity contribution is 0.0954. The summed E-state index contributed by atoms with van der Waals surface area (Å²) in [5, 5.41) is 0. The second-order valence-corrected chi connectivity index (χ2v) is 3.95. The maximum absolute atomic E-state index is 12.5. The lowest BCUT2D eigenvalue weighted by Gasteiger charge is -2.34. The summed E-state index contributed by atoms with van der Waals surface area (Å²) in [6, 6.07) is 0.